The second-order valence-corrected chi connectivity index (χ2v) is 17.7. The van der Waals surface area contributed by atoms with Crippen LogP contribution in [0.4, 0.5) is 5.95 Å². The molecule has 0 saturated carbocycles. The van der Waals surface area contributed by atoms with Gasteiger partial charge in [0.05, 0.1) is 26.7 Å². The van der Waals surface area contributed by atoms with Crippen molar-refractivity contribution in [1.29, 1.82) is 0 Å². The summed E-state index contributed by atoms with van der Waals surface area (Å²) in [4.78, 5) is 26.0. The van der Waals surface area contributed by atoms with Crippen LogP contribution in [0.25, 0.3) is 21.9 Å². The van der Waals surface area contributed by atoms with Crippen molar-refractivity contribution in [2.45, 2.75) is 97.8 Å². The molecular formula is C36H51N6O9P. The Kier molecular flexibility index (Phi) is 11.0. The highest BCUT2D eigenvalue weighted by Gasteiger charge is 2.54. The van der Waals surface area contributed by atoms with Crippen LogP contribution in [0.1, 0.15) is 74.1 Å². The van der Waals surface area contributed by atoms with E-state index in [1.165, 1.54) is 24.9 Å². The summed E-state index contributed by atoms with van der Waals surface area (Å²) in [5.41, 5.74) is 4.74. The zero-order chi connectivity index (χ0) is 38.4. The minimum Gasteiger partial charge on any atom is -0.479 e. The van der Waals surface area contributed by atoms with Gasteiger partial charge in [-0.05, 0) is 40.7 Å². The number of anilines is 1. The second-order valence-electron chi connectivity index (χ2n) is 16.0. The summed E-state index contributed by atoms with van der Waals surface area (Å²) in [5, 5.41) is 27.3. The Labute approximate surface area is 303 Å². The SMILES string of the molecule is COc1nc(N)nc2c1ncn2C1OC(COP(=O)(NC(C(=O)OCC(C)(C)C)C(C)C)Oc2cc(C(C)(C)C)cc3ccccc23)C(O)C1(C)O. The number of benzene rings is 2. The van der Waals surface area contributed by atoms with E-state index in [0.717, 1.165) is 10.9 Å². The van der Waals surface area contributed by atoms with Crippen LogP contribution in [-0.2, 0) is 28.8 Å². The molecule has 0 amide bonds. The number of ether oxygens (including phenoxy) is 3. The van der Waals surface area contributed by atoms with Crippen LogP contribution in [0.2, 0.25) is 0 Å². The number of nitrogens with two attached hydrogens (primary N) is 1. The van der Waals surface area contributed by atoms with Gasteiger partial charge in [-0.3, -0.25) is 13.9 Å². The number of nitrogens with zero attached hydrogens (tertiary/aromatic N) is 4. The smallest absolute Gasteiger partial charge is 0.459 e. The molecule has 15 nitrogen and oxygen atoms in total. The van der Waals surface area contributed by atoms with E-state index < -0.39 is 56.3 Å². The number of methoxy groups -OCH3 is 1. The molecule has 0 aliphatic carbocycles. The number of aliphatic hydroxyl groups is 2. The van der Waals surface area contributed by atoms with E-state index in [2.05, 4.69) is 40.8 Å². The Morgan fingerprint density at radius 2 is 1.85 bits per heavy atom. The molecule has 6 unspecified atom stereocenters. The lowest BCUT2D eigenvalue weighted by Gasteiger charge is -2.29. The number of carbonyl (C=O) groups excluding carboxylic acids is 1. The van der Waals surface area contributed by atoms with Gasteiger partial charge >= 0.3 is 13.7 Å². The molecule has 5 N–H and O–H groups in total. The monoisotopic (exact) mass is 742 g/mol. The van der Waals surface area contributed by atoms with Crippen LogP contribution in [0.5, 0.6) is 11.6 Å². The average molecular weight is 743 g/mol. The molecule has 0 bridgehead atoms. The highest BCUT2D eigenvalue weighted by molar-refractivity contribution is 7.52. The molecule has 284 valence electrons. The lowest BCUT2D eigenvalue weighted by molar-refractivity contribution is -0.149. The van der Waals surface area contributed by atoms with Gasteiger partial charge in [-0.1, -0.05) is 85.7 Å². The maximum Gasteiger partial charge on any atom is 0.459 e. The Bertz CT molecular complexity index is 1970. The van der Waals surface area contributed by atoms with Gasteiger partial charge in [0.25, 0.3) is 0 Å². The van der Waals surface area contributed by atoms with Crippen LogP contribution < -0.4 is 20.1 Å². The van der Waals surface area contributed by atoms with Crippen molar-refractivity contribution in [2.24, 2.45) is 11.3 Å². The number of fused-ring (bicyclic) bond motifs is 2. The predicted molar refractivity (Wildman–Crippen MR) is 196 cm³/mol. The minimum atomic E-state index is -4.50. The summed E-state index contributed by atoms with van der Waals surface area (Å²) in [7, 11) is -3.09. The molecular weight excluding hydrogens is 691 g/mol. The predicted octanol–water partition coefficient (Wildman–Crippen LogP) is 5.28. The van der Waals surface area contributed by atoms with E-state index in [-0.39, 0.29) is 46.2 Å². The van der Waals surface area contributed by atoms with E-state index in [1.54, 1.807) is 19.9 Å². The first-order valence-electron chi connectivity index (χ1n) is 17.2. The maximum absolute atomic E-state index is 15.0. The zero-order valence-electron chi connectivity index (χ0n) is 31.4. The summed E-state index contributed by atoms with van der Waals surface area (Å²) in [5.74, 6) is -0.748. The molecule has 4 aromatic rings. The van der Waals surface area contributed by atoms with Gasteiger partial charge in [0.15, 0.2) is 17.4 Å². The highest BCUT2D eigenvalue weighted by atomic mass is 31.2. The van der Waals surface area contributed by atoms with Crippen LogP contribution in [0.3, 0.4) is 0 Å². The quantitative estimate of drug-likeness (QED) is 0.108. The van der Waals surface area contributed by atoms with Crippen molar-refractivity contribution < 1.29 is 42.8 Å². The largest absolute Gasteiger partial charge is 0.479 e. The van der Waals surface area contributed by atoms with Crippen LogP contribution in [0, 0.1) is 11.3 Å². The minimum absolute atomic E-state index is 0.0999. The molecule has 1 aliphatic heterocycles. The average Bonchev–Trinajstić information content (AvgIpc) is 3.57. The second kappa shape index (κ2) is 14.5. The Balaban J connectivity index is 1.50. The third-order valence-corrected chi connectivity index (χ3v) is 10.3. The molecule has 2 aromatic heterocycles. The van der Waals surface area contributed by atoms with Crippen molar-refractivity contribution in [3.05, 3.63) is 48.3 Å². The molecule has 5 rings (SSSR count). The first kappa shape index (κ1) is 39.4. The molecule has 3 heterocycles. The summed E-state index contributed by atoms with van der Waals surface area (Å²) in [6.45, 7) is 16.5. The highest BCUT2D eigenvalue weighted by Crippen LogP contribution is 2.50. The Morgan fingerprint density at radius 3 is 2.48 bits per heavy atom. The number of nitrogen functional groups attached to an aromatic ring is 1. The van der Waals surface area contributed by atoms with Gasteiger partial charge in [-0.15, -0.1) is 0 Å². The number of aromatic nitrogens is 4. The number of hydrogen-bond donors (Lipinski definition) is 4. The van der Waals surface area contributed by atoms with Gasteiger partial charge in [-0.25, -0.2) is 9.55 Å². The van der Waals surface area contributed by atoms with E-state index in [9.17, 15) is 15.0 Å². The van der Waals surface area contributed by atoms with Gasteiger partial charge in [0.2, 0.25) is 11.8 Å². The van der Waals surface area contributed by atoms with Crippen molar-refractivity contribution in [2.75, 3.05) is 26.1 Å². The molecule has 1 saturated heterocycles. The fourth-order valence-electron chi connectivity index (χ4n) is 5.80. The van der Waals surface area contributed by atoms with E-state index in [4.69, 9.17) is 29.0 Å². The molecule has 16 heteroatoms. The zero-order valence-corrected chi connectivity index (χ0v) is 32.3. The summed E-state index contributed by atoms with van der Waals surface area (Å²) < 4.78 is 45.9. The number of carbonyl (C=O) groups is 1. The molecule has 0 spiro atoms. The van der Waals surface area contributed by atoms with Crippen molar-refractivity contribution in [1.82, 2.24) is 24.6 Å². The number of esters is 1. The van der Waals surface area contributed by atoms with E-state index in [1.807, 2.05) is 51.1 Å². The number of rotatable bonds is 12. The molecule has 6 atom stereocenters. The molecule has 52 heavy (non-hydrogen) atoms. The normalized spacial score (nSPS) is 22.8. The third kappa shape index (κ3) is 8.35. The fourth-order valence-corrected chi connectivity index (χ4v) is 7.47. The van der Waals surface area contributed by atoms with Gasteiger partial charge in [0, 0.05) is 5.39 Å². The first-order valence-corrected chi connectivity index (χ1v) is 18.7. The lowest BCUT2D eigenvalue weighted by Crippen LogP contribution is -2.45. The number of aliphatic hydroxyl groups excluding tert-OH is 1. The van der Waals surface area contributed by atoms with Crippen molar-refractivity contribution in [3.8, 4) is 11.6 Å². The molecule has 1 fully saturated rings. The fraction of sp³-hybridized carbons (Fsp3) is 0.556. The van der Waals surface area contributed by atoms with Crippen LogP contribution in [0.15, 0.2) is 42.7 Å². The van der Waals surface area contributed by atoms with Gasteiger partial charge in [-0.2, -0.15) is 15.1 Å². The Morgan fingerprint density at radius 1 is 1.15 bits per heavy atom. The summed E-state index contributed by atoms with van der Waals surface area (Å²) in [6, 6.07) is 10.2. The molecule has 0 radical (unpaired) electrons. The number of nitrogens with one attached hydrogen (secondary N) is 1. The first-order chi connectivity index (χ1) is 24.1. The molecule has 1 aliphatic rings. The van der Waals surface area contributed by atoms with Crippen molar-refractivity contribution in [3.63, 3.8) is 0 Å². The Hall–Kier alpha value is -3.85. The topological polar surface area (TPSA) is 202 Å². The van der Waals surface area contributed by atoms with Gasteiger partial charge in [0.1, 0.15) is 29.6 Å². The maximum atomic E-state index is 15.0. The summed E-state index contributed by atoms with van der Waals surface area (Å²) in [6.07, 6.45) is -2.67. The van der Waals surface area contributed by atoms with Crippen molar-refractivity contribution >= 4 is 41.6 Å². The summed E-state index contributed by atoms with van der Waals surface area (Å²) >= 11 is 0. The van der Waals surface area contributed by atoms with Crippen LogP contribution >= 0.6 is 7.75 Å². The third-order valence-electron chi connectivity index (χ3n) is 8.79. The lowest BCUT2D eigenvalue weighted by atomic mass is 9.85. The standard InChI is InChI=1S/C36H51N6O9P/c1-20(2)26(31(44)48-18-34(3,4)5)41-52(46,51-24-16-22(35(6,7)8)15-21-13-11-12-14-23(21)24)49-17-25-28(43)36(9,45)32(50-25)42-19-38-27-29(42)39-33(37)40-30(27)47-10/h11-16,19-20,25-26,28,32,43,45H,17-18H2,1-10H3,(H,41,46)(H2,37,39,40). The van der Waals surface area contributed by atoms with Gasteiger partial charge < -0.3 is 34.7 Å². The van der Waals surface area contributed by atoms with Crippen LogP contribution in [-0.4, -0.2) is 79.9 Å². The number of imidazole rings is 1. The van der Waals surface area contributed by atoms with E-state index in [0.29, 0.717) is 5.39 Å². The number of hydrogen-bond acceptors (Lipinski definition) is 13. The van der Waals surface area contributed by atoms with E-state index >= 15 is 4.57 Å². The molecule has 2 aromatic carbocycles.